The Labute approximate surface area is 118 Å². The first kappa shape index (κ1) is 13.5. The van der Waals surface area contributed by atoms with Crippen molar-refractivity contribution in [3.63, 3.8) is 0 Å². The van der Waals surface area contributed by atoms with Gasteiger partial charge in [0.25, 0.3) is 5.91 Å². The number of aromatic amines is 1. The van der Waals surface area contributed by atoms with Crippen molar-refractivity contribution < 1.29 is 9.90 Å². The number of amides is 1. The van der Waals surface area contributed by atoms with Crippen LogP contribution in [0.5, 0.6) is 5.75 Å². The summed E-state index contributed by atoms with van der Waals surface area (Å²) in [5, 5.41) is 16.5. The van der Waals surface area contributed by atoms with Crippen LogP contribution < -0.4 is 0 Å². The van der Waals surface area contributed by atoms with Crippen molar-refractivity contribution >= 4 is 21.8 Å². The Balaban J connectivity index is 2.14. The normalized spacial score (nSPS) is 10.5. The van der Waals surface area contributed by atoms with Crippen molar-refractivity contribution in [2.24, 2.45) is 0 Å². The van der Waals surface area contributed by atoms with Gasteiger partial charge < -0.3 is 10.0 Å². The smallest absolute Gasteiger partial charge is 0.257 e. The number of halogens is 1. The molecule has 2 rings (SSSR count). The average Bonchev–Trinajstić information content (AvgIpc) is 2.74. The van der Waals surface area contributed by atoms with E-state index in [0.29, 0.717) is 16.1 Å². The molecule has 7 heteroatoms. The maximum Gasteiger partial charge on any atom is 0.257 e. The lowest BCUT2D eigenvalue weighted by Crippen LogP contribution is -2.26. The molecular formula is C12H13BrN4O2. The summed E-state index contributed by atoms with van der Waals surface area (Å²) in [6.07, 6.45) is 0. The number of rotatable bonds is 3. The maximum atomic E-state index is 12.2. The zero-order valence-corrected chi connectivity index (χ0v) is 12.1. The van der Waals surface area contributed by atoms with Crippen LogP contribution in [-0.4, -0.2) is 38.1 Å². The van der Waals surface area contributed by atoms with Crippen LogP contribution in [-0.2, 0) is 6.54 Å². The van der Waals surface area contributed by atoms with E-state index in [1.807, 2.05) is 0 Å². The van der Waals surface area contributed by atoms with Gasteiger partial charge in [0, 0.05) is 11.5 Å². The van der Waals surface area contributed by atoms with Crippen molar-refractivity contribution in [1.82, 2.24) is 20.1 Å². The lowest BCUT2D eigenvalue weighted by Gasteiger charge is -2.16. The first-order valence-electron chi connectivity index (χ1n) is 5.59. The zero-order valence-electron chi connectivity index (χ0n) is 10.5. The predicted molar refractivity (Wildman–Crippen MR) is 72.7 cm³/mol. The number of nitrogens with zero attached hydrogens (tertiary/aromatic N) is 3. The van der Waals surface area contributed by atoms with Crippen LogP contribution in [0.25, 0.3) is 0 Å². The molecule has 0 unspecified atom stereocenters. The molecule has 0 atom stereocenters. The Kier molecular flexibility index (Phi) is 3.84. The quantitative estimate of drug-likeness (QED) is 0.902. The van der Waals surface area contributed by atoms with E-state index in [4.69, 9.17) is 0 Å². The summed E-state index contributed by atoms with van der Waals surface area (Å²) in [6.45, 7) is 2.07. The molecule has 0 aliphatic rings. The molecule has 6 nitrogen and oxygen atoms in total. The van der Waals surface area contributed by atoms with Gasteiger partial charge in [-0.2, -0.15) is 5.10 Å². The number of benzene rings is 1. The minimum Gasteiger partial charge on any atom is -0.507 e. The number of carbonyl (C=O) groups is 1. The number of aromatic nitrogens is 3. The summed E-state index contributed by atoms with van der Waals surface area (Å²) in [6, 6.07) is 4.76. The van der Waals surface area contributed by atoms with Crippen molar-refractivity contribution in [2.75, 3.05) is 7.05 Å². The molecule has 0 saturated carbocycles. The van der Waals surface area contributed by atoms with E-state index in [9.17, 15) is 9.90 Å². The van der Waals surface area contributed by atoms with Gasteiger partial charge in [0.15, 0.2) is 5.82 Å². The van der Waals surface area contributed by atoms with E-state index < -0.39 is 0 Å². The van der Waals surface area contributed by atoms with Crippen LogP contribution in [0.15, 0.2) is 22.7 Å². The molecule has 0 bridgehead atoms. The Morgan fingerprint density at radius 1 is 1.53 bits per heavy atom. The Morgan fingerprint density at radius 2 is 2.26 bits per heavy atom. The number of hydrogen-bond donors (Lipinski definition) is 2. The summed E-state index contributed by atoms with van der Waals surface area (Å²) in [7, 11) is 1.63. The maximum absolute atomic E-state index is 12.2. The fourth-order valence-electron chi connectivity index (χ4n) is 1.63. The highest BCUT2D eigenvalue weighted by atomic mass is 79.9. The predicted octanol–water partition coefficient (Wildman–Crippen LogP) is 1.85. The number of H-pyrrole nitrogens is 1. The van der Waals surface area contributed by atoms with Gasteiger partial charge in [-0.3, -0.25) is 9.89 Å². The summed E-state index contributed by atoms with van der Waals surface area (Å²) in [4.78, 5) is 17.8. The second-order valence-corrected chi connectivity index (χ2v) is 5.08. The standard InChI is InChI=1S/C12H13BrN4O2/c1-7-14-11(16-15-7)6-17(2)12(19)9-4-3-8(13)5-10(9)18/h3-5,18H,6H2,1-2H3,(H,14,15,16). The first-order valence-corrected chi connectivity index (χ1v) is 6.38. The molecule has 0 radical (unpaired) electrons. The second-order valence-electron chi connectivity index (χ2n) is 4.16. The van der Waals surface area contributed by atoms with Gasteiger partial charge in [0.1, 0.15) is 11.6 Å². The average molecular weight is 325 g/mol. The third kappa shape index (κ3) is 3.11. The molecule has 1 heterocycles. The molecule has 100 valence electrons. The van der Waals surface area contributed by atoms with Gasteiger partial charge in [0.05, 0.1) is 12.1 Å². The lowest BCUT2D eigenvalue weighted by molar-refractivity contribution is 0.0778. The molecule has 19 heavy (non-hydrogen) atoms. The summed E-state index contributed by atoms with van der Waals surface area (Å²) in [5.74, 6) is 0.886. The fourth-order valence-corrected chi connectivity index (χ4v) is 1.98. The Morgan fingerprint density at radius 3 is 2.84 bits per heavy atom. The summed E-state index contributed by atoms with van der Waals surface area (Å²) in [5.41, 5.74) is 0.248. The molecule has 1 aromatic carbocycles. The third-order valence-electron chi connectivity index (χ3n) is 2.56. The van der Waals surface area contributed by atoms with Crippen LogP contribution in [0.4, 0.5) is 0 Å². The van der Waals surface area contributed by atoms with E-state index in [2.05, 4.69) is 31.1 Å². The number of hydrogen-bond acceptors (Lipinski definition) is 4. The van der Waals surface area contributed by atoms with Crippen molar-refractivity contribution in [3.05, 3.63) is 39.9 Å². The van der Waals surface area contributed by atoms with Crippen molar-refractivity contribution in [3.8, 4) is 5.75 Å². The zero-order chi connectivity index (χ0) is 14.0. The molecule has 0 aliphatic heterocycles. The number of aryl methyl sites for hydroxylation is 1. The fraction of sp³-hybridized carbons (Fsp3) is 0.250. The summed E-state index contributed by atoms with van der Waals surface area (Å²) >= 11 is 3.23. The number of nitrogens with one attached hydrogen (secondary N) is 1. The molecule has 0 aliphatic carbocycles. The van der Waals surface area contributed by atoms with Crippen LogP contribution in [0, 0.1) is 6.92 Å². The first-order chi connectivity index (χ1) is 8.97. The molecule has 2 N–H and O–H groups in total. The highest BCUT2D eigenvalue weighted by Crippen LogP contribution is 2.23. The van der Waals surface area contributed by atoms with Crippen molar-refractivity contribution in [2.45, 2.75) is 13.5 Å². The Bertz CT molecular complexity index is 612. The minimum atomic E-state index is -0.285. The molecule has 0 spiro atoms. The van der Waals surface area contributed by atoms with Gasteiger partial charge in [-0.25, -0.2) is 4.98 Å². The Hall–Kier alpha value is -1.89. The van der Waals surface area contributed by atoms with E-state index in [0.717, 1.165) is 0 Å². The lowest BCUT2D eigenvalue weighted by atomic mass is 10.2. The molecular weight excluding hydrogens is 312 g/mol. The number of carbonyl (C=O) groups excluding carboxylic acids is 1. The van der Waals surface area contributed by atoms with E-state index >= 15 is 0 Å². The van der Waals surface area contributed by atoms with Gasteiger partial charge in [-0.05, 0) is 25.1 Å². The van der Waals surface area contributed by atoms with Crippen LogP contribution in [0.1, 0.15) is 22.0 Å². The van der Waals surface area contributed by atoms with E-state index in [-0.39, 0.29) is 23.8 Å². The van der Waals surface area contributed by atoms with E-state index in [1.54, 1.807) is 26.1 Å². The van der Waals surface area contributed by atoms with Gasteiger partial charge in [-0.1, -0.05) is 15.9 Å². The molecule has 0 fully saturated rings. The third-order valence-corrected chi connectivity index (χ3v) is 3.05. The molecule has 0 saturated heterocycles. The van der Waals surface area contributed by atoms with Crippen LogP contribution in [0.2, 0.25) is 0 Å². The topological polar surface area (TPSA) is 82.1 Å². The minimum absolute atomic E-state index is 0.0580. The van der Waals surface area contributed by atoms with Gasteiger partial charge in [0.2, 0.25) is 0 Å². The monoisotopic (exact) mass is 324 g/mol. The SMILES string of the molecule is Cc1nc(CN(C)C(=O)c2ccc(Br)cc2O)n[nH]1. The highest BCUT2D eigenvalue weighted by Gasteiger charge is 2.17. The molecule has 2 aromatic rings. The molecule has 1 aromatic heterocycles. The van der Waals surface area contributed by atoms with Crippen LogP contribution in [0.3, 0.4) is 0 Å². The highest BCUT2D eigenvalue weighted by molar-refractivity contribution is 9.10. The van der Waals surface area contributed by atoms with Gasteiger partial charge >= 0.3 is 0 Å². The van der Waals surface area contributed by atoms with E-state index in [1.165, 1.54) is 11.0 Å². The molecule has 1 amide bonds. The second kappa shape index (κ2) is 5.40. The number of phenolic OH excluding ortho intramolecular Hbond substituents is 1. The van der Waals surface area contributed by atoms with Crippen LogP contribution >= 0.6 is 15.9 Å². The van der Waals surface area contributed by atoms with Gasteiger partial charge in [-0.15, -0.1) is 0 Å². The van der Waals surface area contributed by atoms with Crippen molar-refractivity contribution in [1.29, 1.82) is 0 Å². The summed E-state index contributed by atoms with van der Waals surface area (Å²) < 4.78 is 0.716. The largest absolute Gasteiger partial charge is 0.507 e. The number of aromatic hydroxyl groups is 1. The number of phenols is 1.